The fourth-order valence-electron chi connectivity index (χ4n) is 5.38. The number of aliphatic hydroxyl groups excluding tert-OH is 3. The van der Waals surface area contributed by atoms with Crippen LogP contribution in [0.15, 0.2) is 36.5 Å². The third kappa shape index (κ3) is 40.4. The van der Waals surface area contributed by atoms with Crippen LogP contribution in [0.4, 0.5) is 0 Å². The number of hydrogen-bond donors (Lipinski definition) is 3. The molecular formula is C44H78O10. The molecule has 0 rings (SSSR count). The fraction of sp³-hybridized carbons (Fsp3) is 0.773. The Morgan fingerprint density at radius 2 is 1.00 bits per heavy atom. The Morgan fingerprint density at radius 3 is 1.46 bits per heavy atom. The maximum Gasteiger partial charge on any atom is 0.306 e. The van der Waals surface area contributed by atoms with Crippen molar-refractivity contribution in [2.75, 3.05) is 19.8 Å². The molecule has 3 unspecified atom stereocenters. The van der Waals surface area contributed by atoms with Crippen LogP contribution in [0.5, 0.6) is 0 Å². The Balaban J connectivity index is 0. The summed E-state index contributed by atoms with van der Waals surface area (Å²) in [6.45, 7) is 6.06. The second kappa shape index (κ2) is 41.3. The molecule has 314 valence electrons. The monoisotopic (exact) mass is 767 g/mol. The number of carbonyl (C=O) groups excluding carboxylic acids is 4. The maximum atomic E-state index is 12.4. The molecule has 0 amide bonds. The molecule has 0 bridgehead atoms. The van der Waals surface area contributed by atoms with Crippen LogP contribution < -0.4 is 0 Å². The Morgan fingerprint density at radius 1 is 0.556 bits per heavy atom. The number of aliphatic hydroxyl groups is 3. The average molecular weight is 767 g/mol. The molecule has 54 heavy (non-hydrogen) atoms. The number of allylic oxidation sites excluding steroid dienone is 6. The maximum absolute atomic E-state index is 12.4. The van der Waals surface area contributed by atoms with E-state index in [2.05, 4.69) is 50.3 Å². The van der Waals surface area contributed by atoms with Crippen molar-refractivity contribution in [2.24, 2.45) is 0 Å². The van der Waals surface area contributed by atoms with Gasteiger partial charge in [-0.3, -0.25) is 19.2 Å². The summed E-state index contributed by atoms with van der Waals surface area (Å²) in [5.74, 6) is -1.65. The zero-order chi connectivity index (χ0) is 40.5. The molecule has 3 atom stereocenters. The SMILES string of the molecule is CC(=O)C(O)C(O)CO.CC/C=C\C/C=C\C/C=C\CCCCCCCC(=O)OC(COC(C)=O)COC(=O)CCCCCCCCCCCCCCC. The van der Waals surface area contributed by atoms with Crippen molar-refractivity contribution in [3.05, 3.63) is 36.5 Å². The third-order valence-corrected chi connectivity index (χ3v) is 8.69. The highest BCUT2D eigenvalue weighted by atomic mass is 16.6. The van der Waals surface area contributed by atoms with Gasteiger partial charge in [-0.1, -0.05) is 147 Å². The van der Waals surface area contributed by atoms with Gasteiger partial charge in [0.25, 0.3) is 0 Å². The highest BCUT2D eigenvalue weighted by molar-refractivity contribution is 5.80. The van der Waals surface area contributed by atoms with E-state index < -0.39 is 36.7 Å². The summed E-state index contributed by atoms with van der Waals surface area (Å²) in [5, 5.41) is 25.4. The molecule has 0 aliphatic carbocycles. The first-order valence-corrected chi connectivity index (χ1v) is 21.0. The number of esters is 3. The molecule has 3 N–H and O–H groups in total. The fourth-order valence-corrected chi connectivity index (χ4v) is 5.38. The zero-order valence-corrected chi connectivity index (χ0v) is 34.5. The van der Waals surface area contributed by atoms with Crippen LogP contribution in [0, 0.1) is 0 Å². The first-order chi connectivity index (χ1) is 26.1. The van der Waals surface area contributed by atoms with Crippen LogP contribution in [-0.4, -0.2) is 77.1 Å². The summed E-state index contributed by atoms with van der Waals surface area (Å²) in [7, 11) is 0. The molecule has 0 aliphatic heterocycles. The molecule has 0 saturated carbocycles. The number of rotatable bonds is 35. The molecular weight excluding hydrogens is 688 g/mol. The van der Waals surface area contributed by atoms with Crippen LogP contribution in [0.1, 0.15) is 182 Å². The van der Waals surface area contributed by atoms with E-state index >= 15 is 0 Å². The number of unbranched alkanes of at least 4 members (excludes halogenated alkanes) is 17. The topological polar surface area (TPSA) is 157 Å². The summed E-state index contributed by atoms with van der Waals surface area (Å²) < 4.78 is 15.9. The lowest BCUT2D eigenvalue weighted by Crippen LogP contribution is -2.34. The van der Waals surface area contributed by atoms with Gasteiger partial charge in [0, 0.05) is 19.8 Å². The smallest absolute Gasteiger partial charge is 0.306 e. The van der Waals surface area contributed by atoms with Crippen molar-refractivity contribution in [1.82, 2.24) is 0 Å². The lowest BCUT2D eigenvalue weighted by molar-refractivity contribution is -0.166. The molecule has 0 radical (unpaired) electrons. The van der Waals surface area contributed by atoms with Crippen molar-refractivity contribution < 1.29 is 48.7 Å². The van der Waals surface area contributed by atoms with E-state index in [1.807, 2.05) is 0 Å². The Bertz CT molecular complexity index is 990. The third-order valence-electron chi connectivity index (χ3n) is 8.69. The van der Waals surface area contributed by atoms with Gasteiger partial charge < -0.3 is 29.5 Å². The first-order valence-electron chi connectivity index (χ1n) is 21.0. The minimum Gasteiger partial charge on any atom is -0.462 e. The number of hydrogen-bond acceptors (Lipinski definition) is 10. The summed E-state index contributed by atoms with van der Waals surface area (Å²) in [6, 6.07) is 0. The number of carbonyl (C=O) groups is 4. The lowest BCUT2D eigenvalue weighted by Gasteiger charge is -2.17. The molecule has 10 nitrogen and oxygen atoms in total. The molecule has 0 aromatic rings. The van der Waals surface area contributed by atoms with Gasteiger partial charge in [-0.25, -0.2) is 0 Å². The summed E-state index contributed by atoms with van der Waals surface area (Å²) in [5.41, 5.74) is 0. The lowest BCUT2D eigenvalue weighted by atomic mass is 10.0. The first kappa shape index (κ1) is 53.3. The van der Waals surface area contributed by atoms with E-state index in [0.29, 0.717) is 12.8 Å². The molecule has 0 saturated heterocycles. The second-order valence-electron chi connectivity index (χ2n) is 14.0. The van der Waals surface area contributed by atoms with Gasteiger partial charge in [-0.2, -0.15) is 0 Å². The standard InChI is InChI=1S/C39H68O6.C5H10O4/c1-4-6-8-10-12-14-16-18-19-21-23-25-27-29-31-33-39(42)45-37(34-43-36(3)40)35-44-38(41)32-30-28-26-24-22-20-17-15-13-11-9-7-5-2;1-3(7)5(9)4(8)2-6/h6,8,12,14,18-19,37H,4-5,7,9-11,13,15-17,20-35H2,1-3H3;4-6,8-9H,2H2,1H3/b8-6-,14-12-,19-18-;. The van der Waals surface area contributed by atoms with Crippen LogP contribution in [-0.2, 0) is 33.4 Å². The zero-order valence-electron chi connectivity index (χ0n) is 34.5. The van der Waals surface area contributed by atoms with Gasteiger partial charge in [0.2, 0.25) is 0 Å². The molecule has 0 fully saturated rings. The van der Waals surface area contributed by atoms with Gasteiger partial charge in [0.05, 0.1) is 6.61 Å². The van der Waals surface area contributed by atoms with Crippen LogP contribution in [0.3, 0.4) is 0 Å². The van der Waals surface area contributed by atoms with E-state index in [1.165, 1.54) is 71.1 Å². The van der Waals surface area contributed by atoms with E-state index in [9.17, 15) is 19.2 Å². The second-order valence-corrected chi connectivity index (χ2v) is 14.0. The number of ether oxygens (including phenoxy) is 3. The molecule has 10 heteroatoms. The minimum atomic E-state index is -1.45. The van der Waals surface area contributed by atoms with Crippen molar-refractivity contribution in [1.29, 1.82) is 0 Å². The minimum absolute atomic E-state index is 0.0878. The van der Waals surface area contributed by atoms with Gasteiger partial charge >= 0.3 is 17.9 Å². The van der Waals surface area contributed by atoms with Gasteiger partial charge in [0.15, 0.2) is 11.9 Å². The predicted octanol–water partition coefficient (Wildman–Crippen LogP) is 9.36. The van der Waals surface area contributed by atoms with E-state index in [-0.39, 0.29) is 25.2 Å². The van der Waals surface area contributed by atoms with Crippen molar-refractivity contribution in [3.63, 3.8) is 0 Å². The Kier molecular flexibility index (Phi) is 40.8. The largest absolute Gasteiger partial charge is 0.462 e. The van der Waals surface area contributed by atoms with E-state index in [0.717, 1.165) is 84.0 Å². The summed E-state index contributed by atoms with van der Waals surface area (Å²) in [4.78, 5) is 46.1. The van der Waals surface area contributed by atoms with E-state index in [1.54, 1.807) is 0 Å². The highest BCUT2D eigenvalue weighted by Gasteiger charge is 2.19. The molecule has 0 heterocycles. The number of Topliss-reactive ketones (excluding diaryl/α,β-unsaturated/α-hetero) is 1. The summed E-state index contributed by atoms with van der Waals surface area (Å²) in [6.07, 6.45) is 35.9. The van der Waals surface area contributed by atoms with Crippen LogP contribution >= 0.6 is 0 Å². The average Bonchev–Trinajstić information content (AvgIpc) is 3.15. The van der Waals surface area contributed by atoms with Crippen LogP contribution in [0.2, 0.25) is 0 Å². The van der Waals surface area contributed by atoms with Crippen molar-refractivity contribution in [2.45, 2.75) is 200 Å². The normalized spacial score (nSPS) is 13.1. The van der Waals surface area contributed by atoms with Gasteiger partial charge in [0.1, 0.15) is 25.4 Å². The van der Waals surface area contributed by atoms with Gasteiger partial charge in [-0.15, -0.1) is 0 Å². The number of ketones is 1. The van der Waals surface area contributed by atoms with E-state index in [4.69, 9.17) is 29.5 Å². The quantitative estimate of drug-likeness (QED) is 0.0246. The highest BCUT2D eigenvalue weighted by Crippen LogP contribution is 2.14. The van der Waals surface area contributed by atoms with Crippen molar-refractivity contribution >= 4 is 23.7 Å². The Labute approximate surface area is 328 Å². The summed E-state index contributed by atoms with van der Waals surface area (Å²) >= 11 is 0. The molecule has 0 aliphatic rings. The predicted molar refractivity (Wildman–Crippen MR) is 217 cm³/mol. The Hall–Kier alpha value is -2.82. The van der Waals surface area contributed by atoms with Gasteiger partial charge in [-0.05, 0) is 51.9 Å². The molecule has 0 aromatic heterocycles. The molecule has 0 aromatic carbocycles. The molecule has 0 spiro atoms. The van der Waals surface area contributed by atoms with Crippen molar-refractivity contribution in [3.8, 4) is 0 Å². The van der Waals surface area contributed by atoms with Crippen LogP contribution in [0.25, 0.3) is 0 Å².